The molecule has 0 saturated carbocycles. The van der Waals surface area contributed by atoms with Crippen LogP contribution in [-0.2, 0) is 6.54 Å². The summed E-state index contributed by atoms with van der Waals surface area (Å²) < 4.78 is 42.0. The molecule has 0 saturated heterocycles. The van der Waals surface area contributed by atoms with Crippen LogP contribution in [0.25, 0.3) is 0 Å². The molecule has 2 nitrogen and oxygen atoms in total. The third-order valence-electron chi connectivity index (χ3n) is 2.06. The lowest BCUT2D eigenvalue weighted by Crippen LogP contribution is -2.20. The average Bonchev–Trinajstić information content (AvgIpc) is 2.14. The third kappa shape index (κ3) is 4.55. The van der Waals surface area contributed by atoms with Crippen molar-refractivity contribution in [3.8, 4) is 5.75 Å². The number of halogens is 4. The van der Waals surface area contributed by atoms with Crippen molar-refractivity contribution in [3.63, 3.8) is 0 Å². The Hall–Kier alpha value is -0.750. The van der Waals surface area contributed by atoms with Crippen molar-refractivity contribution < 1.29 is 17.9 Å². The zero-order chi connectivity index (χ0) is 13.1. The Bertz CT molecular complexity index is 393. The summed E-state index contributed by atoms with van der Waals surface area (Å²) in [6, 6.07) is 3.47. The van der Waals surface area contributed by atoms with E-state index in [1.807, 2.05) is 0 Å². The lowest BCUT2D eigenvalue weighted by Gasteiger charge is -2.16. The minimum Gasteiger partial charge on any atom is -0.484 e. The molecule has 0 aliphatic carbocycles. The van der Waals surface area contributed by atoms with E-state index < -0.39 is 12.8 Å². The number of rotatable bonds is 4. The number of ether oxygens (including phenoxy) is 1. The Kier molecular flexibility index (Phi) is 4.82. The molecule has 1 aromatic rings. The molecule has 0 atom stereocenters. The maximum atomic E-state index is 12.1. The highest BCUT2D eigenvalue weighted by Gasteiger charge is 2.29. The van der Waals surface area contributed by atoms with Crippen molar-refractivity contribution in [2.45, 2.75) is 19.6 Å². The predicted octanol–water partition coefficient (Wildman–Crippen LogP) is 3.42. The van der Waals surface area contributed by atoms with E-state index in [0.717, 1.165) is 4.47 Å². The largest absolute Gasteiger partial charge is 0.484 e. The fourth-order valence-electron chi connectivity index (χ4n) is 1.48. The lowest BCUT2D eigenvalue weighted by molar-refractivity contribution is -0.153. The summed E-state index contributed by atoms with van der Waals surface area (Å²) in [5.41, 5.74) is 1.37. The van der Waals surface area contributed by atoms with Gasteiger partial charge >= 0.3 is 6.18 Å². The second kappa shape index (κ2) is 5.73. The van der Waals surface area contributed by atoms with E-state index in [1.165, 1.54) is 0 Å². The van der Waals surface area contributed by atoms with Crippen molar-refractivity contribution in [1.82, 2.24) is 5.32 Å². The molecule has 1 aromatic carbocycles. The van der Waals surface area contributed by atoms with Gasteiger partial charge in [0, 0.05) is 16.6 Å². The van der Waals surface area contributed by atoms with Crippen LogP contribution >= 0.6 is 15.9 Å². The molecule has 6 heteroatoms. The summed E-state index contributed by atoms with van der Waals surface area (Å²) in [5.74, 6) is 0.292. The number of hydrogen-bond donors (Lipinski definition) is 1. The molecular weight excluding hydrogens is 299 g/mol. The van der Waals surface area contributed by atoms with Crippen LogP contribution in [0.3, 0.4) is 0 Å². The standard InChI is InChI=1S/C11H13BrF3NO/c1-7-3-9(12)4-8(5-16-2)10(7)17-6-11(13,14)15/h3-4,16H,5-6H2,1-2H3. The Labute approximate surface area is 106 Å². The second-order valence-corrected chi connectivity index (χ2v) is 4.56. The molecule has 0 bridgehead atoms. The second-order valence-electron chi connectivity index (χ2n) is 3.65. The van der Waals surface area contributed by atoms with Gasteiger partial charge in [0.25, 0.3) is 0 Å². The molecule has 1 N–H and O–H groups in total. The van der Waals surface area contributed by atoms with Crippen LogP contribution in [0.4, 0.5) is 13.2 Å². The van der Waals surface area contributed by atoms with E-state index in [0.29, 0.717) is 23.4 Å². The van der Waals surface area contributed by atoms with Crippen molar-refractivity contribution in [2.75, 3.05) is 13.7 Å². The molecule has 0 unspecified atom stereocenters. The summed E-state index contributed by atoms with van der Waals surface area (Å²) in [6.07, 6.45) is -4.32. The van der Waals surface area contributed by atoms with Gasteiger partial charge in [-0.2, -0.15) is 13.2 Å². The molecule has 96 valence electrons. The van der Waals surface area contributed by atoms with E-state index in [-0.39, 0.29) is 0 Å². The molecule has 0 aromatic heterocycles. The Morgan fingerprint density at radius 3 is 2.53 bits per heavy atom. The van der Waals surface area contributed by atoms with Crippen LogP contribution < -0.4 is 10.1 Å². The van der Waals surface area contributed by atoms with E-state index in [2.05, 4.69) is 21.2 Å². The van der Waals surface area contributed by atoms with Gasteiger partial charge in [0.1, 0.15) is 5.75 Å². The van der Waals surface area contributed by atoms with Crippen molar-refractivity contribution in [1.29, 1.82) is 0 Å². The first-order valence-electron chi connectivity index (χ1n) is 4.96. The van der Waals surface area contributed by atoms with Gasteiger partial charge in [0.2, 0.25) is 0 Å². The average molecular weight is 312 g/mol. The molecule has 0 radical (unpaired) electrons. The molecule has 0 heterocycles. The first-order valence-corrected chi connectivity index (χ1v) is 5.76. The first kappa shape index (κ1) is 14.3. The molecule has 0 fully saturated rings. The number of alkyl halides is 3. The molecule has 1 rings (SSSR count). The number of aryl methyl sites for hydroxylation is 1. The molecule has 0 amide bonds. The highest BCUT2D eigenvalue weighted by Crippen LogP contribution is 2.29. The van der Waals surface area contributed by atoms with Crippen molar-refractivity contribution >= 4 is 15.9 Å². The normalized spacial score (nSPS) is 11.6. The number of benzene rings is 1. The van der Waals surface area contributed by atoms with Gasteiger partial charge in [-0.1, -0.05) is 15.9 Å². The smallest absolute Gasteiger partial charge is 0.422 e. The molecule has 17 heavy (non-hydrogen) atoms. The SMILES string of the molecule is CNCc1cc(Br)cc(C)c1OCC(F)(F)F. The topological polar surface area (TPSA) is 21.3 Å². The fraction of sp³-hybridized carbons (Fsp3) is 0.455. The zero-order valence-corrected chi connectivity index (χ0v) is 11.1. The van der Waals surface area contributed by atoms with Gasteiger partial charge in [-0.15, -0.1) is 0 Å². The lowest BCUT2D eigenvalue weighted by atomic mass is 10.1. The minimum atomic E-state index is -4.32. The first-order chi connectivity index (χ1) is 7.83. The summed E-state index contributed by atoms with van der Waals surface area (Å²) in [7, 11) is 1.73. The van der Waals surface area contributed by atoms with E-state index in [9.17, 15) is 13.2 Å². The Morgan fingerprint density at radius 1 is 1.35 bits per heavy atom. The summed E-state index contributed by atoms with van der Waals surface area (Å²) in [5, 5.41) is 2.89. The van der Waals surface area contributed by atoms with Gasteiger partial charge in [0.05, 0.1) is 0 Å². The van der Waals surface area contributed by atoms with Gasteiger partial charge in [-0.25, -0.2) is 0 Å². The third-order valence-corrected chi connectivity index (χ3v) is 2.52. The van der Waals surface area contributed by atoms with E-state index in [1.54, 1.807) is 26.1 Å². The van der Waals surface area contributed by atoms with Crippen LogP contribution in [-0.4, -0.2) is 19.8 Å². The predicted molar refractivity (Wildman–Crippen MR) is 63.2 cm³/mol. The van der Waals surface area contributed by atoms with Crippen LogP contribution in [0.15, 0.2) is 16.6 Å². The fourth-order valence-corrected chi connectivity index (χ4v) is 2.10. The Balaban J connectivity index is 2.95. The minimum absolute atomic E-state index is 0.292. The maximum Gasteiger partial charge on any atom is 0.422 e. The van der Waals surface area contributed by atoms with Crippen LogP contribution in [0.2, 0.25) is 0 Å². The maximum absolute atomic E-state index is 12.1. The number of nitrogens with one attached hydrogen (secondary N) is 1. The van der Waals surface area contributed by atoms with E-state index >= 15 is 0 Å². The van der Waals surface area contributed by atoms with E-state index in [4.69, 9.17) is 4.74 Å². The van der Waals surface area contributed by atoms with Crippen LogP contribution in [0, 0.1) is 6.92 Å². The quantitative estimate of drug-likeness (QED) is 0.920. The molecule has 0 aliphatic heterocycles. The number of hydrogen-bond acceptors (Lipinski definition) is 2. The van der Waals surface area contributed by atoms with Gasteiger partial charge < -0.3 is 10.1 Å². The van der Waals surface area contributed by atoms with Crippen LogP contribution in [0.5, 0.6) is 5.75 Å². The summed E-state index contributed by atoms with van der Waals surface area (Å²) >= 11 is 3.30. The van der Waals surface area contributed by atoms with Crippen molar-refractivity contribution in [3.05, 3.63) is 27.7 Å². The Morgan fingerprint density at radius 2 is 2.00 bits per heavy atom. The zero-order valence-electron chi connectivity index (χ0n) is 9.49. The monoisotopic (exact) mass is 311 g/mol. The molecule has 0 spiro atoms. The van der Waals surface area contributed by atoms with Gasteiger partial charge in [-0.3, -0.25) is 0 Å². The summed E-state index contributed by atoms with van der Waals surface area (Å²) in [4.78, 5) is 0. The molecular formula is C11H13BrF3NO. The molecule has 0 aliphatic rings. The van der Waals surface area contributed by atoms with Crippen LogP contribution in [0.1, 0.15) is 11.1 Å². The highest BCUT2D eigenvalue weighted by atomic mass is 79.9. The van der Waals surface area contributed by atoms with Gasteiger partial charge in [-0.05, 0) is 31.7 Å². The summed E-state index contributed by atoms with van der Waals surface area (Å²) in [6.45, 7) is 0.898. The van der Waals surface area contributed by atoms with Crippen molar-refractivity contribution in [2.24, 2.45) is 0 Å². The van der Waals surface area contributed by atoms with Gasteiger partial charge in [0.15, 0.2) is 6.61 Å². The highest BCUT2D eigenvalue weighted by molar-refractivity contribution is 9.10.